The molecule has 0 aliphatic carbocycles. The van der Waals surface area contributed by atoms with E-state index in [0.29, 0.717) is 23.3 Å². The lowest BCUT2D eigenvalue weighted by Crippen LogP contribution is -2.29. The molecule has 8 heteroatoms. The zero-order valence-corrected chi connectivity index (χ0v) is 18.6. The van der Waals surface area contributed by atoms with Gasteiger partial charge < -0.3 is 9.15 Å². The Morgan fingerprint density at radius 1 is 1.30 bits per heavy atom. The molecule has 1 aliphatic rings. The van der Waals surface area contributed by atoms with Crippen molar-refractivity contribution in [3.05, 3.63) is 51.0 Å². The first-order valence-electron chi connectivity index (χ1n) is 10.3. The van der Waals surface area contributed by atoms with E-state index in [-0.39, 0.29) is 11.7 Å². The van der Waals surface area contributed by atoms with Crippen LogP contribution < -0.4 is 5.56 Å². The summed E-state index contributed by atoms with van der Waals surface area (Å²) in [5.74, 6) is 1.15. The first-order valence-corrected chi connectivity index (χ1v) is 12.1. The van der Waals surface area contributed by atoms with Gasteiger partial charge in [-0.25, -0.2) is 9.97 Å². The summed E-state index contributed by atoms with van der Waals surface area (Å²) in [7, 11) is 0. The number of thioether (sulfide) groups is 1. The van der Waals surface area contributed by atoms with Crippen LogP contribution in [0.2, 0.25) is 0 Å². The van der Waals surface area contributed by atoms with Crippen molar-refractivity contribution in [2.24, 2.45) is 0 Å². The first kappa shape index (κ1) is 19.8. The lowest BCUT2D eigenvalue weighted by atomic mass is 10.1. The maximum absolute atomic E-state index is 13.5. The van der Waals surface area contributed by atoms with Gasteiger partial charge in [-0.1, -0.05) is 30.8 Å². The summed E-state index contributed by atoms with van der Waals surface area (Å²) in [4.78, 5) is 24.9. The molecule has 6 nitrogen and oxygen atoms in total. The third kappa shape index (κ3) is 3.57. The van der Waals surface area contributed by atoms with Crippen molar-refractivity contribution < 1.29 is 9.15 Å². The molecule has 0 bridgehead atoms. The van der Waals surface area contributed by atoms with E-state index in [1.54, 1.807) is 15.9 Å². The maximum atomic E-state index is 13.5. The van der Waals surface area contributed by atoms with Crippen LogP contribution in [0.3, 0.4) is 0 Å². The Balaban J connectivity index is 1.53. The number of aryl methyl sites for hydroxylation is 2. The standard InChI is InChI=1S/C22H23N3O3S2/c1-3-15-13(2)30-20-19(15)21(26)25(11-14-7-6-10-27-14)22(24-20)29-12-18-23-16-8-4-5-9-17(16)28-18/h4-5,8-9,14H,3,6-7,10-12H2,1-2H3/t14-/m1/s1. The zero-order valence-electron chi connectivity index (χ0n) is 17.0. The molecule has 0 saturated carbocycles. The molecule has 1 saturated heterocycles. The van der Waals surface area contributed by atoms with E-state index in [9.17, 15) is 4.79 Å². The quantitative estimate of drug-likeness (QED) is 0.312. The Morgan fingerprint density at radius 2 is 2.17 bits per heavy atom. The topological polar surface area (TPSA) is 70.2 Å². The van der Waals surface area contributed by atoms with E-state index in [2.05, 4.69) is 18.8 Å². The summed E-state index contributed by atoms with van der Waals surface area (Å²) in [6.07, 6.45) is 2.91. The summed E-state index contributed by atoms with van der Waals surface area (Å²) in [6, 6.07) is 7.73. The molecule has 1 aliphatic heterocycles. The number of benzene rings is 1. The van der Waals surface area contributed by atoms with Gasteiger partial charge in [0.25, 0.3) is 5.56 Å². The van der Waals surface area contributed by atoms with E-state index < -0.39 is 0 Å². The molecule has 1 atom stereocenters. The number of thiophene rings is 1. The summed E-state index contributed by atoms with van der Waals surface area (Å²) >= 11 is 3.10. The van der Waals surface area contributed by atoms with Crippen molar-refractivity contribution in [1.29, 1.82) is 0 Å². The molecule has 0 radical (unpaired) electrons. The average molecular weight is 442 g/mol. The van der Waals surface area contributed by atoms with Crippen molar-refractivity contribution in [3.63, 3.8) is 0 Å². The second kappa shape index (κ2) is 8.17. The number of hydrogen-bond donors (Lipinski definition) is 0. The highest BCUT2D eigenvalue weighted by atomic mass is 32.2. The lowest BCUT2D eigenvalue weighted by Gasteiger charge is -2.15. The zero-order chi connectivity index (χ0) is 20.7. The van der Waals surface area contributed by atoms with Crippen LogP contribution in [-0.2, 0) is 23.5 Å². The van der Waals surface area contributed by atoms with Gasteiger partial charge in [-0.15, -0.1) is 11.3 Å². The Morgan fingerprint density at radius 3 is 2.93 bits per heavy atom. The summed E-state index contributed by atoms with van der Waals surface area (Å²) in [5.41, 5.74) is 2.77. The summed E-state index contributed by atoms with van der Waals surface area (Å²) < 4.78 is 13.5. The number of nitrogens with zero attached hydrogens (tertiary/aromatic N) is 3. The highest BCUT2D eigenvalue weighted by Crippen LogP contribution is 2.31. The predicted octanol–water partition coefficient (Wildman–Crippen LogP) is 4.94. The number of aromatic nitrogens is 3. The van der Waals surface area contributed by atoms with E-state index >= 15 is 0 Å². The largest absolute Gasteiger partial charge is 0.440 e. The SMILES string of the molecule is CCc1c(C)sc2nc(SCc3nc4ccccc4o3)n(C[C@H]3CCCO3)c(=O)c12. The molecule has 30 heavy (non-hydrogen) atoms. The number of ether oxygens (including phenoxy) is 1. The van der Waals surface area contributed by atoms with Crippen LogP contribution in [0.5, 0.6) is 0 Å². The van der Waals surface area contributed by atoms with E-state index in [1.807, 2.05) is 24.3 Å². The molecule has 156 valence electrons. The smallest absolute Gasteiger partial charge is 0.263 e. The van der Waals surface area contributed by atoms with Crippen LogP contribution in [-0.4, -0.2) is 27.2 Å². The van der Waals surface area contributed by atoms with Gasteiger partial charge in [-0.05, 0) is 43.9 Å². The Bertz CT molecular complexity index is 1240. The highest BCUT2D eigenvalue weighted by Gasteiger charge is 2.23. The van der Waals surface area contributed by atoms with Crippen LogP contribution in [0.4, 0.5) is 0 Å². The van der Waals surface area contributed by atoms with Gasteiger partial charge in [-0.2, -0.15) is 0 Å². The molecule has 3 aromatic heterocycles. The van der Waals surface area contributed by atoms with E-state index in [4.69, 9.17) is 14.1 Å². The van der Waals surface area contributed by atoms with Crippen molar-refractivity contribution in [1.82, 2.24) is 14.5 Å². The second-order valence-corrected chi connectivity index (χ2v) is 9.63. The minimum atomic E-state index is 0.0387. The number of rotatable bonds is 6. The number of hydrogen-bond acceptors (Lipinski definition) is 7. The fourth-order valence-electron chi connectivity index (χ4n) is 4.03. The van der Waals surface area contributed by atoms with Gasteiger partial charge in [0.05, 0.1) is 23.8 Å². The monoisotopic (exact) mass is 441 g/mol. The lowest BCUT2D eigenvalue weighted by molar-refractivity contribution is 0.0937. The van der Waals surface area contributed by atoms with E-state index in [0.717, 1.165) is 52.7 Å². The van der Waals surface area contributed by atoms with Crippen molar-refractivity contribution >= 4 is 44.4 Å². The molecular weight excluding hydrogens is 418 g/mol. The van der Waals surface area contributed by atoms with Crippen molar-refractivity contribution in [2.45, 2.75) is 56.7 Å². The number of para-hydroxylation sites is 2. The molecule has 4 heterocycles. The first-order chi connectivity index (χ1) is 14.6. The van der Waals surface area contributed by atoms with Gasteiger partial charge in [0, 0.05) is 11.5 Å². The van der Waals surface area contributed by atoms with Crippen molar-refractivity contribution in [2.75, 3.05) is 6.61 Å². The minimum absolute atomic E-state index is 0.0387. The Labute approximate surface area is 182 Å². The Hall–Kier alpha value is -2.16. The van der Waals surface area contributed by atoms with Crippen LogP contribution in [0.25, 0.3) is 21.3 Å². The van der Waals surface area contributed by atoms with Gasteiger partial charge >= 0.3 is 0 Å². The second-order valence-electron chi connectivity index (χ2n) is 7.48. The molecule has 5 rings (SSSR count). The normalized spacial score (nSPS) is 16.8. The molecule has 1 fully saturated rings. The van der Waals surface area contributed by atoms with Crippen LogP contribution in [0.1, 0.15) is 36.1 Å². The maximum Gasteiger partial charge on any atom is 0.263 e. The van der Waals surface area contributed by atoms with Gasteiger partial charge in [0.15, 0.2) is 10.7 Å². The number of fused-ring (bicyclic) bond motifs is 2. The molecule has 0 N–H and O–H groups in total. The predicted molar refractivity (Wildman–Crippen MR) is 121 cm³/mol. The average Bonchev–Trinajstić information content (AvgIpc) is 3.46. The summed E-state index contributed by atoms with van der Waals surface area (Å²) in [5, 5.41) is 1.47. The van der Waals surface area contributed by atoms with Crippen LogP contribution >= 0.6 is 23.1 Å². The molecule has 0 spiro atoms. The van der Waals surface area contributed by atoms with Crippen LogP contribution in [0.15, 0.2) is 38.6 Å². The Kier molecular flexibility index (Phi) is 5.39. The molecule has 0 unspecified atom stereocenters. The number of oxazole rings is 1. The summed E-state index contributed by atoms with van der Waals surface area (Å²) in [6.45, 7) is 5.46. The minimum Gasteiger partial charge on any atom is -0.440 e. The molecular formula is C22H23N3O3S2. The fourth-order valence-corrected chi connectivity index (χ4v) is 6.04. The fraction of sp³-hybridized carbons (Fsp3) is 0.409. The molecule has 1 aromatic carbocycles. The van der Waals surface area contributed by atoms with Crippen LogP contribution in [0, 0.1) is 6.92 Å². The van der Waals surface area contributed by atoms with Crippen molar-refractivity contribution in [3.8, 4) is 0 Å². The van der Waals surface area contributed by atoms with E-state index in [1.165, 1.54) is 16.6 Å². The van der Waals surface area contributed by atoms with Gasteiger partial charge in [-0.3, -0.25) is 9.36 Å². The third-order valence-electron chi connectivity index (χ3n) is 5.50. The molecule has 4 aromatic rings. The van der Waals surface area contributed by atoms with Gasteiger partial charge in [0.1, 0.15) is 10.3 Å². The van der Waals surface area contributed by atoms with Gasteiger partial charge in [0.2, 0.25) is 5.89 Å². The highest BCUT2D eigenvalue weighted by molar-refractivity contribution is 7.98. The third-order valence-corrected chi connectivity index (χ3v) is 7.51. The molecule has 0 amide bonds.